The van der Waals surface area contributed by atoms with E-state index in [1.807, 2.05) is 19.2 Å². The molecule has 30 heavy (non-hydrogen) atoms. The van der Waals surface area contributed by atoms with E-state index in [1.54, 1.807) is 0 Å². The van der Waals surface area contributed by atoms with Crippen molar-refractivity contribution in [2.24, 2.45) is 0 Å². The van der Waals surface area contributed by atoms with E-state index in [0.717, 1.165) is 16.5 Å². The number of benzene rings is 2. The zero-order valence-electron chi connectivity index (χ0n) is 17.5. The zero-order chi connectivity index (χ0) is 22.5. The highest BCUT2D eigenvalue weighted by molar-refractivity contribution is 5.94. The lowest BCUT2D eigenvalue weighted by Gasteiger charge is -2.19. The Kier molecular flexibility index (Phi) is 7.61. The molecule has 2 aromatic carbocycles. The van der Waals surface area contributed by atoms with Gasteiger partial charge in [0, 0.05) is 5.56 Å². The van der Waals surface area contributed by atoms with Gasteiger partial charge in [0.05, 0.1) is 19.3 Å². The minimum Gasteiger partial charge on any atom is -0.342 e. The summed E-state index contributed by atoms with van der Waals surface area (Å²) >= 11 is 0. The highest BCUT2D eigenvalue weighted by Crippen LogP contribution is 2.22. The summed E-state index contributed by atoms with van der Waals surface area (Å²) in [5.74, 6) is -5.62. The number of halogens is 3. The van der Waals surface area contributed by atoms with Crippen LogP contribution in [0.15, 0.2) is 36.4 Å². The van der Waals surface area contributed by atoms with Gasteiger partial charge in [0.2, 0.25) is 5.91 Å². The average Bonchev–Trinajstić information content (AvgIpc) is 2.66. The normalized spacial score (nSPS) is 12.4. The molecule has 0 fully saturated rings. The molecule has 0 heterocycles. The first kappa shape index (κ1) is 23.4. The van der Waals surface area contributed by atoms with Crippen LogP contribution in [0.3, 0.4) is 0 Å². The molecule has 1 unspecified atom stereocenters. The lowest BCUT2D eigenvalue weighted by Crippen LogP contribution is -3.08. The Labute approximate surface area is 174 Å². The first-order chi connectivity index (χ1) is 14.0. The second-order valence-corrected chi connectivity index (χ2v) is 8.31. The number of hydrogen-bond donors (Lipinski definition) is 3. The molecule has 2 amide bonds. The number of rotatable bonds is 7. The largest absolute Gasteiger partial charge is 0.342 e. The molecule has 0 aromatic heterocycles. The van der Waals surface area contributed by atoms with Gasteiger partial charge in [-0.1, -0.05) is 45.0 Å². The van der Waals surface area contributed by atoms with Gasteiger partial charge in [-0.25, -0.2) is 13.2 Å². The molecule has 0 saturated heterocycles. The van der Waals surface area contributed by atoms with Gasteiger partial charge in [-0.2, -0.15) is 0 Å². The van der Waals surface area contributed by atoms with E-state index in [2.05, 4.69) is 43.5 Å². The van der Waals surface area contributed by atoms with Gasteiger partial charge in [0.1, 0.15) is 6.54 Å². The smallest absolute Gasteiger partial charge is 0.275 e. The molecule has 0 aliphatic heterocycles. The van der Waals surface area contributed by atoms with Crippen molar-refractivity contribution in [2.45, 2.75) is 32.7 Å². The molecule has 0 saturated carbocycles. The van der Waals surface area contributed by atoms with E-state index in [4.69, 9.17) is 0 Å². The molecule has 1 atom stereocenters. The number of carbonyl (C=O) groups is 2. The SMILES string of the molecule is C[NH+](CC(=O)NCC(=O)Nc1ccc(F)c(F)c1F)Cc1ccc(C(C)(C)C)cc1. The maximum Gasteiger partial charge on any atom is 0.275 e. The number of nitrogens with one attached hydrogen (secondary N) is 3. The van der Waals surface area contributed by atoms with Gasteiger partial charge in [-0.05, 0) is 23.1 Å². The minimum absolute atomic E-state index is 0.0698. The molecule has 0 spiro atoms. The van der Waals surface area contributed by atoms with Gasteiger partial charge in [-0.15, -0.1) is 0 Å². The van der Waals surface area contributed by atoms with Crippen LogP contribution in [0.25, 0.3) is 0 Å². The highest BCUT2D eigenvalue weighted by Gasteiger charge is 2.17. The average molecular weight is 422 g/mol. The second-order valence-electron chi connectivity index (χ2n) is 8.31. The Morgan fingerprint density at radius 2 is 1.57 bits per heavy atom. The van der Waals surface area contributed by atoms with Crippen molar-refractivity contribution in [3.05, 3.63) is 65.0 Å². The fourth-order valence-electron chi connectivity index (χ4n) is 2.87. The summed E-state index contributed by atoms with van der Waals surface area (Å²) in [6.45, 7) is 6.77. The van der Waals surface area contributed by atoms with Gasteiger partial charge in [0.25, 0.3) is 5.91 Å². The van der Waals surface area contributed by atoms with E-state index in [9.17, 15) is 22.8 Å². The lowest BCUT2D eigenvalue weighted by atomic mass is 9.87. The molecular formula is C22H27F3N3O2+. The zero-order valence-corrected chi connectivity index (χ0v) is 17.5. The predicted molar refractivity (Wildman–Crippen MR) is 109 cm³/mol. The van der Waals surface area contributed by atoms with Crippen LogP contribution < -0.4 is 15.5 Å². The van der Waals surface area contributed by atoms with E-state index in [0.29, 0.717) is 12.6 Å². The lowest BCUT2D eigenvalue weighted by molar-refractivity contribution is -0.885. The third kappa shape index (κ3) is 6.59. The van der Waals surface area contributed by atoms with E-state index in [1.165, 1.54) is 5.56 Å². The van der Waals surface area contributed by atoms with Gasteiger partial charge < -0.3 is 15.5 Å². The Morgan fingerprint density at radius 3 is 2.17 bits per heavy atom. The first-order valence-electron chi connectivity index (χ1n) is 9.58. The molecule has 0 aliphatic rings. The van der Waals surface area contributed by atoms with Crippen LogP contribution in [-0.4, -0.2) is 32.0 Å². The van der Waals surface area contributed by atoms with Gasteiger partial charge >= 0.3 is 0 Å². The van der Waals surface area contributed by atoms with Crippen molar-refractivity contribution in [1.29, 1.82) is 0 Å². The van der Waals surface area contributed by atoms with Crippen LogP contribution in [0.5, 0.6) is 0 Å². The summed E-state index contributed by atoms with van der Waals surface area (Å²) in [6.07, 6.45) is 0. The summed E-state index contributed by atoms with van der Waals surface area (Å²) in [5.41, 5.74) is 1.89. The Morgan fingerprint density at radius 1 is 0.933 bits per heavy atom. The molecular weight excluding hydrogens is 395 g/mol. The molecule has 2 aromatic rings. The molecule has 8 heteroatoms. The summed E-state index contributed by atoms with van der Waals surface area (Å²) in [5, 5.41) is 4.53. The maximum atomic E-state index is 13.6. The maximum absolute atomic E-state index is 13.6. The fraction of sp³-hybridized carbons (Fsp3) is 0.364. The van der Waals surface area contributed by atoms with Crippen LogP contribution >= 0.6 is 0 Å². The Hall–Kier alpha value is -2.87. The quantitative estimate of drug-likeness (QED) is 0.599. The molecule has 0 bridgehead atoms. The minimum atomic E-state index is -1.67. The predicted octanol–water partition coefficient (Wildman–Crippen LogP) is 2.17. The molecule has 2 rings (SSSR count). The van der Waals surface area contributed by atoms with Gasteiger partial charge in [-0.3, -0.25) is 9.59 Å². The van der Waals surface area contributed by atoms with Crippen molar-refractivity contribution < 1.29 is 27.7 Å². The standard InChI is InChI=1S/C22H26F3N3O2/c1-22(2,3)15-7-5-14(6-8-15)12-28(4)13-19(30)26-11-18(29)27-17-10-9-16(23)20(24)21(17)25/h5-10H,11-13H2,1-4H3,(H,26,30)(H,27,29)/p+1. The number of amides is 2. The van der Waals surface area contributed by atoms with Crippen molar-refractivity contribution in [3.8, 4) is 0 Å². The molecule has 5 nitrogen and oxygen atoms in total. The van der Waals surface area contributed by atoms with E-state index < -0.39 is 35.6 Å². The van der Waals surface area contributed by atoms with Crippen LogP contribution in [0.2, 0.25) is 0 Å². The summed E-state index contributed by atoms with van der Waals surface area (Å²) in [6, 6.07) is 9.84. The van der Waals surface area contributed by atoms with Crippen LogP contribution in [0.4, 0.5) is 18.9 Å². The monoisotopic (exact) mass is 422 g/mol. The van der Waals surface area contributed by atoms with Crippen LogP contribution in [0, 0.1) is 17.5 Å². The summed E-state index contributed by atoms with van der Waals surface area (Å²) < 4.78 is 39.7. The molecule has 3 N–H and O–H groups in total. The van der Waals surface area contributed by atoms with Crippen molar-refractivity contribution in [3.63, 3.8) is 0 Å². The third-order valence-electron chi connectivity index (χ3n) is 4.54. The molecule has 0 aliphatic carbocycles. The Bertz CT molecular complexity index is 909. The summed E-state index contributed by atoms with van der Waals surface area (Å²) in [4.78, 5) is 24.8. The first-order valence-corrected chi connectivity index (χ1v) is 9.58. The summed E-state index contributed by atoms with van der Waals surface area (Å²) in [7, 11) is 1.86. The number of carbonyl (C=O) groups excluding carboxylic acids is 2. The third-order valence-corrected chi connectivity index (χ3v) is 4.54. The van der Waals surface area contributed by atoms with Crippen molar-refractivity contribution in [1.82, 2.24) is 5.32 Å². The molecule has 162 valence electrons. The van der Waals surface area contributed by atoms with Crippen molar-refractivity contribution >= 4 is 17.5 Å². The van der Waals surface area contributed by atoms with Crippen molar-refractivity contribution in [2.75, 3.05) is 25.5 Å². The Balaban J connectivity index is 1.80. The second kappa shape index (κ2) is 9.75. The van der Waals surface area contributed by atoms with Crippen LogP contribution in [0.1, 0.15) is 31.9 Å². The van der Waals surface area contributed by atoms with Gasteiger partial charge in [0.15, 0.2) is 24.0 Å². The van der Waals surface area contributed by atoms with Crippen LogP contribution in [-0.2, 0) is 21.5 Å². The van der Waals surface area contributed by atoms with E-state index in [-0.39, 0.29) is 17.9 Å². The molecule has 0 radical (unpaired) electrons. The number of likely N-dealkylation sites (N-methyl/N-ethyl adjacent to an activating group) is 1. The fourth-order valence-corrected chi connectivity index (χ4v) is 2.87. The number of hydrogen-bond acceptors (Lipinski definition) is 2. The number of anilines is 1. The topological polar surface area (TPSA) is 62.6 Å². The number of quaternary nitrogens is 1. The highest BCUT2D eigenvalue weighted by atomic mass is 19.2. The van der Waals surface area contributed by atoms with E-state index >= 15 is 0 Å².